The summed E-state index contributed by atoms with van der Waals surface area (Å²) >= 11 is 0. The van der Waals surface area contributed by atoms with E-state index in [1.165, 1.54) is 60.2 Å². The van der Waals surface area contributed by atoms with Crippen molar-refractivity contribution in [2.75, 3.05) is 0 Å². The summed E-state index contributed by atoms with van der Waals surface area (Å²) in [6, 6.07) is 73.8. The molecule has 0 bridgehead atoms. The Bertz CT molecular complexity index is 3490. The van der Waals surface area contributed by atoms with Crippen LogP contribution in [0.4, 0.5) is 0 Å². The van der Waals surface area contributed by atoms with Gasteiger partial charge in [-0.2, -0.15) is 0 Å². The standard InChI is InChI=1S/C54H34N4/c1-2-13-35(14-3-1)36-25-27-37(28-26-36)53-44-19-6-9-20-46(44)55-54(56-53)38-29-31-41(32-30-38)57-49-23-12-24-50(52(49)45-33-39-15-4-5-16-40(39)34-51(45)57)58-47-21-10-7-17-42(47)43-18-8-11-22-48(43)58/h1-34H. The third kappa shape index (κ3) is 5.02. The molecule has 4 heteroatoms. The van der Waals surface area contributed by atoms with Gasteiger partial charge in [0.2, 0.25) is 0 Å². The van der Waals surface area contributed by atoms with Crippen LogP contribution in [-0.4, -0.2) is 19.1 Å². The lowest BCUT2D eigenvalue weighted by Gasteiger charge is -2.12. The lowest BCUT2D eigenvalue weighted by atomic mass is 10.0. The molecule has 0 radical (unpaired) electrons. The number of nitrogens with zero attached hydrogens (tertiary/aromatic N) is 4. The molecule has 3 heterocycles. The van der Waals surface area contributed by atoms with Crippen LogP contribution in [0.5, 0.6) is 0 Å². The predicted octanol–water partition coefficient (Wildman–Crippen LogP) is 14.0. The monoisotopic (exact) mass is 738 g/mol. The van der Waals surface area contributed by atoms with Crippen LogP contribution in [0, 0.1) is 0 Å². The molecule has 0 N–H and O–H groups in total. The molecule has 0 aliphatic heterocycles. The number of para-hydroxylation sites is 3. The summed E-state index contributed by atoms with van der Waals surface area (Å²) in [6.45, 7) is 0. The maximum Gasteiger partial charge on any atom is 0.160 e. The minimum absolute atomic E-state index is 0.703. The Labute approximate surface area is 334 Å². The summed E-state index contributed by atoms with van der Waals surface area (Å²) in [5.74, 6) is 0.703. The molecule has 0 saturated carbocycles. The molecule has 58 heavy (non-hydrogen) atoms. The van der Waals surface area contributed by atoms with E-state index in [0.29, 0.717) is 5.82 Å². The summed E-state index contributed by atoms with van der Waals surface area (Å²) < 4.78 is 4.86. The zero-order valence-electron chi connectivity index (χ0n) is 31.4. The molecule has 3 aromatic heterocycles. The van der Waals surface area contributed by atoms with Gasteiger partial charge in [0.1, 0.15) is 0 Å². The van der Waals surface area contributed by atoms with Gasteiger partial charge in [-0.1, -0.05) is 140 Å². The van der Waals surface area contributed by atoms with Crippen LogP contribution in [0.25, 0.3) is 110 Å². The lowest BCUT2D eigenvalue weighted by molar-refractivity contribution is 1.17. The van der Waals surface area contributed by atoms with Crippen LogP contribution < -0.4 is 0 Å². The quantitative estimate of drug-likeness (QED) is 0.176. The summed E-state index contributed by atoms with van der Waals surface area (Å²) in [4.78, 5) is 10.3. The first-order valence-corrected chi connectivity index (χ1v) is 19.7. The third-order valence-electron chi connectivity index (χ3n) is 11.7. The second kappa shape index (κ2) is 12.9. The fraction of sp³-hybridized carbons (Fsp3) is 0. The number of hydrogen-bond donors (Lipinski definition) is 0. The lowest BCUT2D eigenvalue weighted by Crippen LogP contribution is -1.98. The molecule has 0 atom stereocenters. The van der Waals surface area contributed by atoms with E-state index in [-0.39, 0.29) is 0 Å². The van der Waals surface area contributed by atoms with Gasteiger partial charge in [-0.15, -0.1) is 0 Å². The highest BCUT2D eigenvalue weighted by atomic mass is 15.0. The molecule has 0 unspecified atom stereocenters. The van der Waals surface area contributed by atoms with E-state index in [9.17, 15) is 0 Å². The minimum atomic E-state index is 0.703. The third-order valence-corrected chi connectivity index (χ3v) is 11.7. The molecular weight excluding hydrogens is 705 g/mol. The molecule has 0 aliphatic carbocycles. The number of benzene rings is 9. The van der Waals surface area contributed by atoms with Gasteiger partial charge in [-0.3, -0.25) is 0 Å². The van der Waals surface area contributed by atoms with Crippen LogP contribution in [0.1, 0.15) is 0 Å². The fourth-order valence-electron chi connectivity index (χ4n) is 9.02. The van der Waals surface area contributed by atoms with E-state index < -0.39 is 0 Å². The van der Waals surface area contributed by atoms with E-state index >= 15 is 0 Å². The van der Waals surface area contributed by atoms with Crippen LogP contribution in [-0.2, 0) is 0 Å². The van der Waals surface area contributed by atoms with Gasteiger partial charge in [0, 0.05) is 43.7 Å². The highest BCUT2D eigenvalue weighted by Gasteiger charge is 2.20. The van der Waals surface area contributed by atoms with E-state index in [1.54, 1.807) is 0 Å². The SMILES string of the molecule is c1ccc(-c2ccc(-c3nc(-c4ccc(-n5c6cc7ccccc7cc6c6c(-n7c8ccccc8c8ccccc87)cccc65)cc4)nc4ccccc34)cc2)cc1. The zero-order chi connectivity index (χ0) is 38.2. The van der Waals surface area contributed by atoms with Gasteiger partial charge in [0.25, 0.3) is 0 Å². The average Bonchev–Trinajstić information content (AvgIpc) is 3.81. The molecular formula is C54H34N4. The van der Waals surface area contributed by atoms with Gasteiger partial charge >= 0.3 is 0 Å². The Hall–Kier alpha value is -7.82. The molecule has 9 aromatic carbocycles. The number of fused-ring (bicyclic) bond motifs is 8. The zero-order valence-corrected chi connectivity index (χ0v) is 31.4. The highest BCUT2D eigenvalue weighted by Crippen LogP contribution is 2.41. The maximum absolute atomic E-state index is 5.24. The van der Waals surface area contributed by atoms with Crippen molar-refractivity contribution >= 4 is 65.3 Å². The van der Waals surface area contributed by atoms with Crippen LogP contribution in [0.2, 0.25) is 0 Å². The normalized spacial score (nSPS) is 11.8. The van der Waals surface area contributed by atoms with Gasteiger partial charge in [0.15, 0.2) is 5.82 Å². The van der Waals surface area contributed by atoms with Crippen molar-refractivity contribution < 1.29 is 0 Å². The van der Waals surface area contributed by atoms with Crippen LogP contribution >= 0.6 is 0 Å². The number of hydrogen-bond acceptors (Lipinski definition) is 2. The molecule has 0 spiro atoms. The predicted molar refractivity (Wildman–Crippen MR) is 242 cm³/mol. The molecule has 0 saturated heterocycles. The van der Waals surface area contributed by atoms with Gasteiger partial charge < -0.3 is 9.13 Å². The highest BCUT2D eigenvalue weighted by molar-refractivity contribution is 6.18. The van der Waals surface area contributed by atoms with Gasteiger partial charge in [0.05, 0.1) is 39.0 Å². The first-order chi connectivity index (χ1) is 28.8. The van der Waals surface area contributed by atoms with Gasteiger partial charge in [-0.25, -0.2) is 9.97 Å². The molecule has 0 amide bonds. The van der Waals surface area contributed by atoms with Crippen molar-refractivity contribution in [3.8, 4) is 45.1 Å². The molecule has 4 nitrogen and oxygen atoms in total. The van der Waals surface area contributed by atoms with Crippen molar-refractivity contribution in [2.45, 2.75) is 0 Å². The molecule has 12 aromatic rings. The van der Waals surface area contributed by atoms with Crippen molar-refractivity contribution in [3.63, 3.8) is 0 Å². The Morgan fingerprint density at radius 3 is 1.64 bits per heavy atom. The molecule has 270 valence electrons. The Morgan fingerprint density at radius 2 is 0.897 bits per heavy atom. The topological polar surface area (TPSA) is 35.6 Å². The van der Waals surface area contributed by atoms with E-state index in [0.717, 1.165) is 44.4 Å². The van der Waals surface area contributed by atoms with Crippen LogP contribution in [0.15, 0.2) is 206 Å². The van der Waals surface area contributed by atoms with Crippen molar-refractivity contribution in [1.82, 2.24) is 19.1 Å². The second-order valence-corrected chi connectivity index (χ2v) is 15.0. The second-order valence-electron chi connectivity index (χ2n) is 15.0. The summed E-state index contributed by atoms with van der Waals surface area (Å²) in [5.41, 5.74) is 13.2. The summed E-state index contributed by atoms with van der Waals surface area (Å²) in [7, 11) is 0. The Kier molecular flexibility index (Phi) is 7.20. The molecule has 0 fully saturated rings. The molecule has 12 rings (SSSR count). The van der Waals surface area contributed by atoms with Crippen molar-refractivity contribution in [1.29, 1.82) is 0 Å². The number of rotatable bonds is 5. The summed E-state index contributed by atoms with van der Waals surface area (Å²) in [5, 5.41) is 8.41. The average molecular weight is 739 g/mol. The maximum atomic E-state index is 5.24. The minimum Gasteiger partial charge on any atom is -0.309 e. The van der Waals surface area contributed by atoms with E-state index in [1.807, 2.05) is 12.1 Å². The Balaban J connectivity index is 1.03. The van der Waals surface area contributed by atoms with Gasteiger partial charge in [-0.05, 0) is 88.6 Å². The summed E-state index contributed by atoms with van der Waals surface area (Å²) in [6.07, 6.45) is 0. The first kappa shape index (κ1) is 32.4. The fourth-order valence-corrected chi connectivity index (χ4v) is 9.02. The Morgan fingerprint density at radius 1 is 0.328 bits per heavy atom. The smallest absolute Gasteiger partial charge is 0.160 e. The van der Waals surface area contributed by atoms with Crippen LogP contribution in [0.3, 0.4) is 0 Å². The van der Waals surface area contributed by atoms with Crippen molar-refractivity contribution in [2.24, 2.45) is 0 Å². The number of aromatic nitrogens is 4. The van der Waals surface area contributed by atoms with Crippen molar-refractivity contribution in [3.05, 3.63) is 206 Å². The van der Waals surface area contributed by atoms with E-state index in [4.69, 9.17) is 9.97 Å². The molecule has 0 aliphatic rings. The largest absolute Gasteiger partial charge is 0.309 e. The first-order valence-electron chi connectivity index (χ1n) is 19.7. The van der Waals surface area contributed by atoms with E-state index in [2.05, 4.69) is 203 Å².